The third-order valence-corrected chi connectivity index (χ3v) is 4.15. The molecule has 2 N–H and O–H groups in total. The number of halogens is 1. The van der Waals surface area contributed by atoms with E-state index in [4.69, 9.17) is 21.1 Å². The van der Waals surface area contributed by atoms with Gasteiger partial charge in [0.15, 0.2) is 11.5 Å². The third kappa shape index (κ3) is 4.24. The van der Waals surface area contributed by atoms with Crippen molar-refractivity contribution >= 4 is 29.6 Å². The Balaban J connectivity index is 1.89. The van der Waals surface area contributed by atoms with E-state index in [9.17, 15) is 14.9 Å². The van der Waals surface area contributed by atoms with E-state index in [1.165, 1.54) is 6.08 Å². The van der Waals surface area contributed by atoms with Crippen LogP contribution in [0.15, 0.2) is 42.1 Å². The number of ether oxygens (including phenoxy) is 2. The first-order valence-electron chi connectivity index (χ1n) is 8.43. The van der Waals surface area contributed by atoms with Crippen molar-refractivity contribution in [2.24, 2.45) is 0 Å². The zero-order valence-corrected chi connectivity index (χ0v) is 15.7. The van der Waals surface area contributed by atoms with Gasteiger partial charge < -0.3 is 14.8 Å². The number of carbonyl (C=O) groups is 2. The normalized spacial score (nSPS) is 14.4. The summed E-state index contributed by atoms with van der Waals surface area (Å²) < 4.78 is 11.5. The number of carbonyl (C=O) groups excluding carboxylic acids is 2. The van der Waals surface area contributed by atoms with Crippen molar-refractivity contribution in [2.45, 2.75) is 13.5 Å². The first kappa shape index (κ1) is 19.3. The molecule has 1 aliphatic heterocycles. The molecule has 0 bridgehead atoms. The summed E-state index contributed by atoms with van der Waals surface area (Å²) in [6, 6.07) is 11.9. The molecule has 0 radical (unpaired) electrons. The fourth-order valence-corrected chi connectivity index (χ4v) is 2.90. The van der Waals surface area contributed by atoms with Crippen LogP contribution in [-0.4, -0.2) is 18.5 Å². The quantitative estimate of drug-likeness (QED) is 0.575. The van der Waals surface area contributed by atoms with Crippen molar-refractivity contribution in [3.63, 3.8) is 0 Å². The SMILES string of the molecule is CCOc1cc(C=C2NC(=O)NC2=O)cc(Cl)c1OCc1ccccc1C#N. The Hall–Kier alpha value is -3.50. The summed E-state index contributed by atoms with van der Waals surface area (Å²) in [7, 11) is 0. The zero-order valence-electron chi connectivity index (χ0n) is 14.9. The molecule has 28 heavy (non-hydrogen) atoms. The van der Waals surface area contributed by atoms with Gasteiger partial charge in [0.25, 0.3) is 5.91 Å². The molecule has 2 aromatic carbocycles. The monoisotopic (exact) mass is 397 g/mol. The first-order chi connectivity index (χ1) is 13.5. The highest BCUT2D eigenvalue weighted by molar-refractivity contribution is 6.32. The average molecular weight is 398 g/mol. The van der Waals surface area contributed by atoms with Crippen LogP contribution in [0.2, 0.25) is 5.02 Å². The van der Waals surface area contributed by atoms with Crippen LogP contribution in [0.25, 0.3) is 6.08 Å². The molecule has 142 valence electrons. The molecule has 0 aliphatic carbocycles. The molecule has 3 rings (SSSR count). The van der Waals surface area contributed by atoms with Crippen LogP contribution < -0.4 is 20.1 Å². The van der Waals surface area contributed by atoms with Crippen LogP contribution in [0.1, 0.15) is 23.6 Å². The van der Waals surface area contributed by atoms with E-state index >= 15 is 0 Å². The van der Waals surface area contributed by atoms with Gasteiger partial charge in [-0.05, 0) is 36.8 Å². The number of nitrogens with zero attached hydrogens (tertiary/aromatic N) is 1. The van der Waals surface area contributed by atoms with Crippen molar-refractivity contribution in [1.82, 2.24) is 10.6 Å². The van der Waals surface area contributed by atoms with Crippen LogP contribution in [0.4, 0.5) is 4.79 Å². The number of rotatable bonds is 6. The summed E-state index contributed by atoms with van der Waals surface area (Å²) in [5.74, 6) is 0.201. The molecule has 0 spiro atoms. The van der Waals surface area contributed by atoms with E-state index in [2.05, 4.69) is 16.7 Å². The van der Waals surface area contributed by atoms with Gasteiger partial charge in [0.05, 0.1) is 23.3 Å². The van der Waals surface area contributed by atoms with Gasteiger partial charge in [-0.15, -0.1) is 0 Å². The molecule has 1 heterocycles. The summed E-state index contributed by atoms with van der Waals surface area (Å²) in [6.45, 7) is 2.33. The Morgan fingerprint density at radius 3 is 2.64 bits per heavy atom. The summed E-state index contributed by atoms with van der Waals surface area (Å²) in [4.78, 5) is 22.9. The van der Waals surface area contributed by atoms with Crippen LogP contribution in [0.3, 0.4) is 0 Å². The lowest BCUT2D eigenvalue weighted by Crippen LogP contribution is -2.22. The first-order valence-corrected chi connectivity index (χ1v) is 8.80. The molecule has 1 aliphatic rings. The van der Waals surface area contributed by atoms with E-state index in [0.29, 0.717) is 29.2 Å². The minimum Gasteiger partial charge on any atom is -0.490 e. The fourth-order valence-electron chi connectivity index (χ4n) is 2.63. The predicted octanol–water partition coefficient (Wildman–Crippen LogP) is 3.37. The highest BCUT2D eigenvalue weighted by Gasteiger charge is 2.23. The maximum atomic E-state index is 11.7. The van der Waals surface area contributed by atoms with E-state index < -0.39 is 11.9 Å². The number of nitrogens with one attached hydrogen (secondary N) is 2. The second kappa shape index (κ2) is 8.46. The fraction of sp³-hybridized carbons (Fsp3) is 0.150. The van der Waals surface area contributed by atoms with Gasteiger partial charge in [0.2, 0.25) is 0 Å². The van der Waals surface area contributed by atoms with E-state index in [1.807, 2.05) is 13.0 Å². The molecule has 0 aromatic heterocycles. The Kier molecular flexibility index (Phi) is 5.82. The van der Waals surface area contributed by atoms with Crippen molar-refractivity contribution in [2.75, 3.05) is 6.61 Å². The molecular formula is C20H16ClN3O4. The van der Waals surface area contributed by atoms with Gasteiger partial charge in [0, 0.05) is 5.56 Å². The largest absolute Gasteiger partial charge is 0.490 e. The summed E-state index contributed by atoms with van der Waals surface area (Å²) in [5, 5.41) is 14.0. The van der Waals surface area contributed by atoms with Crippen LogP contribution in [-0.2, 0) is 11.4 Å². The number of hydrogen-bond donors (Lipinski definition) is 2. The van der Waals surface area contributed by atoms with Crippen molar-refractivity contribution in [3.8, 4) is 17.6 Å². The lowest BCUT2D eigenvalue weighted by molar-refractivity contribution is -0.115. The maximum Gasteiger partial charge on any atom is 0.326 e. The van der Waals surface area contributed by atoms with E-state index in [0.717, 1.165) is 5.56 Å². The van der Waals surface area contributed by atoms with Gasteiger partial charge in [-0.3, -0.25) is 10.1 Å². The number of amides is 3. The van der Waals surface area contributed by atoms with Crippen molar-refractivity contribution in [1.29, 1.82) is 5.26 Å². The standard InChI is InChI=1S/C20H16ClN3O4/c1-2-27-17-9-12(8-16-19(25)24-20(26)23-16)7-15(21)18(17)28-11-14-6-4-3-5-13(14)10-22/h3-9H,2,11H2,1H3,(H2,23,24,25,26). The molecule has 0 atom stereocenters. The second-order valence-corrected chi connectivity index (χ2v) is 6.19. The van der Waals surface area contributed by atoms with Crippen LogP contribution in [0.5, 0.6) is 11.5 Å². The van der Waals surface area contributed by atoms with Gasteiger partial charge in [-0.2, -0.15) is 5.26 Å². The minimum absolute atomic E-state index is 0.111. The highest BCUT2D eigenvalue weighted by atomic mass is 35.5. The molecule has 0 unspecified atom stereocenters. The maximum absolute atomic E-state index is 11.7. The molecule has 1 fully saturated rings. The number of benzene rings is 2. The number of urea groups is 1. The lowest BCUT2D eigenvalue weighted by Gasteiger charge is -2.15. The topological polar surface area (TPSA) is 100 Å². The molecule has 1 saturated heterocycles. The van der Waals surface area contributed by atoms with Crippen LogP contribution in [0, 0.1) is 11.3 Å². The number of imide groups is 1. The Labute approximate surface area is 166 Å². The number of hydrogen-bond acceptors (Lipinski definition) is 5. The van der Waals surface area contributed by atoms with Gasteiger partial charge in [-0.1, -0.05) is 29.8 Å². The molecule has 0 saturated carbocycles. The number of nitriles is 1. The lowest BCUT2D eigenvalue weighted by atomic mass is 10.1. The predicted molar refractivity (Wildman–Crippen MR) is 103 cm³/mol. The van der Waals surface area contributed by atoms with E-state index in [-0.39, 0.29) is 17.3 Å². The van der Waals surface area contributed by atoms with Gasteiger partial charge >= 0.3 is 6.03 Å². The molecular weight excluding hydrogens is 382 g/mol. The molecule has 2 aromatic rings. The highest BCUT2D eigenvalue weighted by Crippen LogP contribution is 2.38. The summed E-state index contributed by atoms with van der Waals surface area (Å²) in [5.41, 5.74) is 1.91. The Morgan fingerprint density at radius 1 is 1.18 bits per heavy atom. The smallest absolute Gasteiger partial charge is 0.326 e. The summed E-state index contributed by atoms with van der Waals surface area (Å²) >= 11 is 6.37. The average Bonchev–Trinajstić information content (AvgIpc) is 2.98. The Bertz CT molecular complexity index is 1010. The molecule has 7 nitrogen and oxygen atoms in total. The van der Waals surface area contributed by atoms with E-state index in [1.54, 1.807) is 30.3 Å². The molecule has 3 amide bonds. The molecule has 8 heteroatoms. The summed E-state index contributed by atoms with van der Waals surface area (Å²) in [6.07, 6.45) is 1.49. The third-order valence-electron chi connectivity index (χ3n) is 3.87. The zero-order chi connectivity index (χ0) is 20.1. The Morgan fingerprint density at radius 2 is 1.96 bits per heavy atom. The van der Waals surface area contributed by atoms with Gasteiger partial charge in [0.1, 0.15) is 12.3 Å². The van der Waals surface area contributed by atoms with Gasteiger partial charge in [-0.25, -0.2) is 4.79 Å². The van der Waals surface area contributed by atoms with Crippen molar-refractivity contribution in [3.05, 3.63) is 63.8 Å². The van der Waals surface area contributed by atoms with Crippen molar-refractivity contribution < 1.29 is 19.1 Å². The van der Waals surface area contributed by atoms with Crippen LogP contribution >= 0.6 is 11.6 Å². The second-order valence-electron chi connectivity index (χ2n) is 5.79. The minimum atomic E-state index is -0.580.